The molecule has 19 heavy (non-hydrogen) atoms. The SMILES string of the molecule is CCC(C)N1CCN(CCCC(C)(N)C(=O)O)CC1. The number of hydrogen-bond acceptors (Lipinski definition) is 4. The molecule has 0 aliphatic carbocycles. The zero-order chi connectivity index (χ0) is 14.5. The first kappa shape index (κ1) is 16.4. The Kier molecular flexibility index (Phi) is 6.23. The van der Waals surface area contributed by atoms with E-state index in [4.69, 9.17) is 10.8 Å². The van der Waals surface area contributed by atoms with Crippen molar-refractivity contribution in [2.45, 2.75) is 51.6 Å². The van der Waals surface area contributed by atoms with Gasteiger partial charge in [-0.05, 0) is 39.7 Å². The molecule has 1 aliphatic heterocycles. The Hall–Kier alpha value is -0.650. The van der Waals surface area contributed by atoms with E-state index >= 15 is 0 Å². The standard InChI is InChI=1S/C14H29N3O2/c1-4-12(2)17-10-8-16(9-11-17)7-5-6-14(3,15)13(18)19/h12H,4-11,15H2,1-3H3,(H,18,19). The fourth-order valence-corrected chi connectivity index (χ4v) is 2.46. The second kappa shape index (κ2) is 7.22. The van der Waals surface area contributed by atoms with E-state index < -0.39 is 11.5 Å². The molecule has 0 saturated carbocycles. The molecule has 2 unspecified atom stereocenters. The maximum absolute atomic E-state index is 10.9. The van der Waals surface area contributed by atoms with Crippen molar-refractivity contribution in [3.8, 4) is 0 Å². The molecule has 5 heteroatoms. The molecule has 0 aromatic carbocycles. The summed E-state index contributed by atoms with van der Waals surface area (Å²) in [5.74, 6) is -0.908. The predicted molar refractivity (Wildman–Crippen MR) is 77.2 cm³/mol. The summed E-state index contributed by atoms with van der Waals surface area (Å²) in [5, 5.41) is 8.96. The average Bonchev–Trinajstić information content (AvgIpc) is 2.38. The van der Waals surface area contributed by atoms with Crippen molar-refractivity contribution in [1.82, 2.24) is 9.80 Å². The molecule has 0 aromatic heterocycles. The van der Waals surface area contributed by atoms with Gasteiger partial charge in [0.15, 0.2) is 0 Å². The molecule has 1 heterocycles. The lowest BCUT2D eigenvalue weighted by molar-refractivity contribution is -0.143. The zero-order valence-corrected chi connectivity index (χ0v) is 12.6. The Balaban J connectivity index is 2.22. The molecule has 1 aliphatic rings. The van der Waals surface area contributed by atoms with Crippen LogP contribution in [0.5, 0.6) is 0 Å². The predicted octanol–water partition coefficient (Wildman–Crippen LogP) is 0.985. The zero-order valence-electron chi connectivity index (χ0n) is 12.6. The van der Waals surface area contributed by atoms with E-state index in [-0.39, 0.29) is 0 Å². The quantitative estimate of drug-likeness (QED) is 0.722. The minimum absolute atomic E-state index is 0.536. The minimum atomic E-state index is -1.08. The number of nitrogens with two attached hydrogens (primary N) is 1. The molecule has 1 rings (SSSR count). The highest BCUT2D eigenvalue weighted by Gasteiger charge is 2.27. The summed E-state index contributed by atoms with van der Waals surface area (Å²) in [7, 11) is 0. The van der Waals surface area contributed by atoms with Crippen LogP contribution in [-0.2, 0) is 4.79 Å². The molecular weight excluding hydrogens is 242 g/mol. The summed E-state index contributed by atoms with van der Waals surface area (Å²) in [5.41, 5.74) is 4.64. The summed E-state index contributed by atoms with van der Waals surface area (Å²) < 4.78 is 0. The van der Waals surface area contributed by atoms with Gasteiger partial charge in [-0.2, -0.15) is 0 Å². The molecule has 0 aromatic rings. The fraction of sp³-hybridized carbons (Fsp3) is 0.929. The number of carboxylic acids is 1. The Morgan fingerprint density at radius 3 is 2.42 bits per heavy atom. The number of piperazine rings is 1. The van der Waals surface area contributed by atoms with Gasteiger partial charge in [-0.25, -0.2) is 0 Å². The highest BCUT2D eigenvalue weighted by molar-refractivity contribution is 5.77. The number of rotatable bonds is 7. The third-order valence-corrected chi connectivity index (χ3v) is 4.28. The summed E-state index contributed by atoms with van der Waals surface area (Å²) in [6.45, 7) is 11.5. The van der Waals surface area contributed by atoms with Gasteiger partial charge in [0.1, 0.15) is 5.54 Å². The van der Waals surface area contributed by atoms with Crippen LogP contribution >= 0.6 is 0 Å². The highest BCUT2D eigenvalue weighted by Crippen LogP contribution is 2.12. The first-order valence-corrected chi connectivity index (χ1v) is 7.35. The van der Waals surface area contributed by atoms with Crippen LogP contribution in [-0.4, -0.2) is 65.2 Å². The van der Waals surface area contributed by atoms with Crippen molar-refractivity contribution in [1.29, 1.82) is 0 Å². The van der Waals surface area contributed by atoms with E-state index in [1.165, 1.54) is 6.42 Å². The van der Waals surface area contributed by atoms with Crippen LogP contribution in [0, 0.1) is 0 Å². The summed E-state index contributed by atoms with van der Waals surface area (Å²) in [6, 6.07) is 0.668. The van der Waals surface area contributed by atoms with Crippen molar-refractivity contribution >= 4 is 5.97 Å². The lowest BCUT2D eigenvalue weighted by atomic mass is 9.97. The van der Waals surface area contributed by atoms with Crippen LogP contribution in [0.4, 0.5) is 0 Å². The second-order valence-electron chi connectivity index (χ2n) is 5.96. The molecule has 0 bridgehead atoms. The van der Waals surface area contributed by atoms with E-state index in [2.05, 4.69) is 23.6 Å². The lowest BCUT2D eigenvalue weighted by Crippen LogP contribution is -2.50. The normalized spacial score (nSPS) is 22.9. The van der Waals surface area contributed by atoms with Crippen LogP contribution in [0.3, 0.4) is 0 Å². The van der Waals surface area contributed by atoms with Gasteiger partial charge in [0.25, 0.3) is 0 Å². The maximum atomic E-state index is 10.9. The molecular formula is C14H29N3O2. The van der Waals surface area contributed by atoms with Gasteiger partial charge in [0.05, 0.1) is 0 Å². The molecule has 0 radical (unpaired) electrons. The first-order chi connectivity index (χ1) is 8.86. The van der Waals surface area contributed by atoms with Gasteiger partial charge in [-0.1, -0.05) is 6.92 Å². The van der Waals surface area contributed by atoms with Gasteiger partial charge in [0.2, 0.25) is 0 Å². The number of carboxylic acid groups (broad SMARTS) is 1. The van der Waals surface area contributed by atoms with Crippen LogP contribution in [0.25, 0.3) is 0 Å². The van der Waals surface area contributed by atoms with Crippen molar-refractivity contribution in [3.63, 3.8) is 0 Å². The van der Waals surface area contributed by atoms with Gasteiger partial charge < -0.3 is 15.7 Å². The van der Waals surface area contributed by atoms with E-state index in [0.29, 0.717) is 12.5 Å². The summed E-state index contributed by atoms with van der Waals surface area (Å²) in [6.07, 6.45) is 2.58. The topological polar surface area (TPSA) is 69.8 Å². The first-order valence-electron chi connectivity index (χ1n) is 7.35. The largest absolute Gasteiger partial charge is 0.480 e. The Labute approximate surface area is 116 Å². The molecule has 5 nitrogen and oxygen atoms in total. The molecule has 0 amide bonds. The van der Waals surface area contributed by atoms with Crippen molar-refractivity contribution in [2.24, 2.45) is 5.73 Å². The third-order valence-electron chi connectivity index (χ3n) is 4.28. The summed E-state index contributed by atoms with van der Waals surface area (Å²) in [4.78, 5) is 15.9. The average molecular weight is 271 g/mol. The van der Waals surface area contributed by atoms with Crippen LogP contribution in [0.2, 0.25) is 0 Å². The van der Waals surface area contributed by atoms with Gasteiger partial charge >= 0.3 is 5.97 Å². The molecule has 1 fully saturated rings. The highest BCUT2D eigenvalue weighted by atomic mass is 16.4. The monoisotopic (exact) mass is 271 g/mol. The summed E-state index contributed by atoms with van der Waals surface area (Å²) >= 11 is 0. The van der Waals surface area contributed by atoms with E-state index in [1.807, 2.05) is 0 Å². The van der Waals surface area contributed by atoms with Crippen LogP contribution < -0.4 is 5.73 Å². The number of carbonyl (C=O) groups is 1. The number of hydrogen-bond donors (Lipinski definition) is 2. The smallest absolute Gasteiger partial charge is 0.323 e. The van der Waals surface area contributed by atoms with E-state index in [9.17, 15) is 4.79 Å². The second-order valence-corrected chi connectivity index (χ2v) is 5.96. The molecule has 2 atom stereocenters. The molecule has 112 valence electrons. The molecule has 0 spiro atoms. The van der Waals surface area contributed by atoms with Gasteiger partial charge in [-0.3, -0.25) is 9.69 Å². The van der Waals surface area contributed by atoms with Crippen LogP contribution in [0.15, 0.2) is 0 Å². The third kappa shape index (κ3) is 5.09. The number of nitrogens with zero attached hydrogens (tertiary/aromatic N) is 2. The van der Waals surface area contributed by atoms with E-state index in [1.54, 1.807) is 6.92 Å². The number of aliphatic carboxylic acids is 1. The van der Waals surface area contributed by atoms with Crippen molar-refractivity contribution in [2.75, 3.05) is 32.7 Å². The molecule has 3 N–H and O–H groups in total. The minimum Gasteiger partial charge on any atom is -0.480 e. The van der Waals surface area contributed by atoms with E-state index in [0.717, 1.165) is 39.1 Å². The van der Waals surface area contributed by atoms with Crippen molar-refractivity contribution < 1.29 is 9.90 Å². The Morgan fingerprint density at radius 2 is 1.95 bits per heavy atom. The Bertz CT molecular complexity index is 286. The lowest BCUT2D eigenvalue weighted by Gasteiger charge is -2.38. The van der Waals surface area contributed by atoms with Crippen LogP contribution in [0.1, 0.15) is 40.0 Å². The molecule has 1 saturated heterocycles. The van der Waals surface area contributed by atoms with Gasteiger partial charge in [0, 0.05) is 32.2 Å². The van der Waals surface area contributed by atoms with Gasteiger partial charge in [-0.15, -0.1) is 0 Å². The maximum Gasteiger partial charge on any atom is 0.323 e. The van der Waals surface area contributed by atoms with Crippen molar-refractivity contribution in [3.05, 3.63) is 0 Å². The Morgan fingerprint density at radius 1 is 1.37 bits per heavy atom. The fourth-order valence-electron chi connectivity index (χ4n) is 2.46.